The van der Waals surface area contributed by atoms with Crippen molar-refractivity contribution in [1.29, 1.82) is 5.26 Å². The predicted octanol–water partition coefficient (Wildman–Crippen LogP) is 3.77. The summed E-state index contributed by atoms with van der Waals surface area (Å²) >= 11 is 0. The van der Waals surface area contributed by atoms with Gasteiger partial charge >= 0.3 is 0 Å². The van der Waals surface area contributed by atoms with Crippen LogP contribution in [0.5, 0.6) is 0 Å². The average molecular weight is 247 g/mol. The number of hydrogen-bond acceptors (Lipinski definition) is 4. The molecule has 4 heteroatoms. The van der Waals surface area contributed by atoms with Gasteiger partial charge in [-0.3, -0.25) is 0 Å². The molecule has 2 rings (SSSR count). The maximum Gasteiger partial charge on any atom is 0.229 e. The zero-order valence-corrected chi connectivity index (χ0v) is 11.2. The zero-order chi connectivity index (χ0) is 13.0. The third-order valence-corrected chi connectivity index (χ3v) is 3.95. The molecule has 1 fully saturated rings. The largest absolute Gasteiger partial charge is 0.339 e. The molecule has 1 unspecified atom stereocenters. The van der Waals surface area contributed by atoms with E-state index in [4.69, 9.17) is 9.78 Å². The van der Waals surface area contributed by atoms with Crippen molar-refractivity contribution >= 4 is 0 Å². The maximum atomic E-state index is 8.58. The smallest absolute Gasteiger partial charge is 0.229 e. The SMILES string of the molecule is CC1CCC(c2noc(C(C)CCC#N)n2)CC1. The highest BCUT2D eigenvalue weighted by molar-refractivity contribution is 5.00. The van der Waals surface area contributed by atoms with E-state index in [1.54, 1.807) is 0 Å². The Morgan fingerprint density at radius 2 is 2.11 bits per heavy atom. The fourth-order valence-electron chi connectivity index (χ4n) is 2.54. The van der Waals surface area contributed by atoms with Crippen LogP contribution < -0.4 is 0 Å². The molecule has 0 saturated heterocycles. The van der Waals surface area contributed by atoms with Gasteiger partial charge in [-0.2, -0.15) is 10.2 Å². The third kappa shape index (κ3) is 3.10. The van der Waals surface area contributed by atoms with Crippen LogP contribution in [0.1, 0.15) is 75.9 Å². The van der Waals surface area contributed by atoms with Gasteiger partial charge in [0.15, 0.2) is 5.82 Å². The Hall–Kier alpha value is -1.37. The van der Waals surface area contributed by atoms with Crippen LogP contribution >= 0.6 is 0 Å². The van der Waals surface area contributed by atoms with Crippen molar-refractivity contribution in [3.63, 3.8) is 0 Å². The van der Waals surface area contributed by atoms with Crippen LogP contribution in [0.4, 0.5) is 0 Å². The molecule has 4 nitrogen and oxygen atoms in total. The van der Waals surface area contributed by atoms with Crippen LogP contribution in [0.2, 0.25) is 0 Å². The first kappa shape index (κ1) is 13.1. The Morgan fingerprint density at radius 3 is 2.78 bits per heavy atom. The van der Waals surface area contributed by atoms with E-state index in [-0.39, 0.29) is 5.92 Å². The van der Waals surface area contributed by atoms with Crippen LogP contribution in [-0.4, -0.2) is 10.1 Å². The lowest BCUT2D eigenvalue weighted by Gasteiger charge is -2.23. The van der Waals surface area contributed by atoms with Crippen LogP contribution in [0.15, 0.2) is 4.52 Å². The molecular formula is C14H21N3O. The minimum absolute atomic E-state index is 0.188. The van der Waals surface area contributed by atoms with Gasteiger partial charge in [-0.05, 0) is 25.2 Å². The molecule has 98 valence electrons. The average Bonchev–Trinajstić information content (AvgIpc) is 2.86. The fraction of sp³-hybridized carbons (Fsp3) is 0.786. The number of nitriles is 1. The van der Waals surface area contributed by atoms with Gasteiger partial charge in [0.2, 0.25) is 5.89 Å². The van der Waals surface area contributed by atoms with Crippen LogP contribution in [0.3, 0.4) is 0 Å². The second kappa shape index (κ2) is 5.99. The number of aromatic nitrogens is 2. The van der Waals surface area contributed by atoms with E-state index >= 15 is 0 Å². The Kier molecular flexibility index (Phi) is 4.35. The number of hydrogen-bond donors (Lipinski definition) is 0. The first-order valence-electron chi connectivity index (χ1n) is 6.91. The topological polar surface area (TPSA) is 62.7 Å². The van der Waals surface area contributed by atoms with E-state index in [1.165, 1.54) is 25.7 Å². The third-order valence-electron chi connectivity index (χ3n) is 3.95. The van der Waals surface area contributed by atoms with Gasteiger partial charge < -0.3 is 4.52 Å². The lowest BCUT2D eigenvalue weighted by molar-refractivity contribution is 0.319. The van der Waals surface area contributed by atoms with Crippen LogP contribution in [-0.2, 0) is 0 Å². The van der Waals surface area contributed by atoms with E-state index in [0.717, 1.165) is 18.2 Å². The van der Waals surface area contributed by atoms with Gasteiger partial charge in [-0.15, -0.1) is 0 Å². The molecule has 1 saturated carbocycles. The molecule has 1 heterocycles. The molecule has 1 aromatic heterocycles. The Balaban J connectivity index is 1.95. The van der Waals surface area contributed by atoms with Gasteiger partial charge in [-0.1, -0.05) is 31.8 Å². The van der Waals surface area contributed by atoms with Crippen molar-refractivity contribution < 1.29 is 4.52 Å². The van der Waals surface area contributed by atoms with Crippen molar-refractivity contribution in [2.24, 2.45) is 5.92 Å². The second-order valence-corrected chi connectivity index (χ2v) is 5.55. The molecule has 0 aromatic carbocycles. The fourth-order valence-corrected chi connectivity index (χ4v) is 2.54. The Bertz CT molecular complexity index is 413. The Morgan fingerprint density at radius 1 is 1.39 bits per heavy atom. The standard InChI is InChI=1S/C14H21N3O/c1-10-5-7-12(8-6-10)13-16-14(18-17-13)11(2)4-3-9-15/h10-12H,3-8H2,1-2H3. The number of nitrogens with zero attached hydrogens (tertiary/aromatic N) is 3. The molecule has 1 aliphatic rings. The molecule has 0 radical (unpaired) electrons. The lowest BCUT2D eigenvalue weighted by Crippen LogP contribution is -2.12. The van der Waals surface area contributed by atoms with Crippen molar-refractivity contribution in [3.8, 4) is 6.07 Å². The summed E-state index contributed by atoms with van der Waals surface area (Å²) in [7, 11) is 0. The maximum absolute atomic E-state index is 8.58. The molecule has 18 heavy (non-hydrogen) atoms. The van der Waals surface area contributed by atoms with Gasteiger partial charge in [0, 0.05) is 18.3 Å². The van der Waals surface area contributed by atoms with Gasteiger partial charge in [0.05, 0.1) is 6.07 Å². The van der Waals surface area contributed by atoms with E-state index in [9.17, 15) is 0 Å². The molecule has 0 amide bonds. The molecule has 0 N–H and O–H groups in total. The molecule has 1 aliphatic carbocycles. The molecule has 0 aliphatic heterocycles. The van der Waals surface area contributed by atoms with Gasteiger partial charge in [-0.25, -0.2) is 0 Å². The van der Waals surface area contributed by atoms with Crippen molar-refractivity contribution in [2.45, 2.75) is 64.2 Å². The van der Waals surface area contributed by atoms with Gasteiger partial charge in [0.25, 0.3) is 0 Å². The first-order valence-corrected chi connectivity index (χ1v) is 6.91. The second-order valence-electron chi connectivity index (χ2n) is 5.55. The molecule has 0 spiro atoms. The lowest BCUT2D eigenvalue weighted by atomic mass is 9.83. The van der Waals surface area contributed by atoms with Gasteiger partial charge in [0.1, 0.15) is 0 Å². The summed E-state index contributed by atoms with van der Waals surface area (Å²) in [5.41, 5.74) is 0. The highest BCUT2D eigenvalue weighted by Crippen LogP contribution is 2.34. The molecule has 1 atom stereocenters. The minimum Gasteiger partial charge on any atom is -0.339 e. The summed E-state index contributed by atoms with van der Waals surface area (Å²) < 4.78 is 5.33. The Labute approximate surface area is 108 Å². The summed E-state index contributed by atoms with van der Waals surface area (Å²) in [5, 5.41) is 12.7. The monoisotopic (exact) mass is 247 g/mol. The summed E-state index contributed by atoms with van der Waals surface area (Å²) in [6.07, 6.45) is 6.20. The van der Waals surface area contributed by atoms with Crippen molar-refractivity contribution in [3.05, 3.63) is 11.7 Å². The van der Waals surface area contributed by atoms with E-state index in [2.05, 4.69) is 23.1 Å². The van der Waals surface area contributed by atoms with Crippen molar-refractivity contribution in [1.82, 2.24) is 10.1 Å². The highest BCUT2D eigenvalue weighted by atomic mass is 16.5. The molecule has 0 bridgehead atoms. The van der Waals surface area contributed by atoms with Crippen molar-refractivity contribution in [2.75, 3.05) is 0 Å². The summed E-state index contributed by atoms with van der Waals surface area (Å²) in [6.45, 7) is 4.35. The molecular weight excluding hydrogens is 226 g/mol. The van der Waals surface area contributed by atoms with E-state index in [1.807, 2.05) is 6.92 Å². The highest BCUT2D eigenvalue weighted by Gasteiger charge is 2.24. The minimum atomic E-state index is 0.188. The number of rotatable bonds is 4. The predicted molar refractivity (Wildman–Crippen MR) is 67.9 cm³/mol. The van der Waals surface area contributed by atoms with Crippen LogP contribution in [0.25, 0.3) is 0 Å². The van der Waals surface area contributed by atoms with Crippen LogP contribution in [0, 0.1) is 17.2 Å². The summed E-state index contributed by atoms with van der Waals surface area (Å²) in [6, 6.07) is 2.15. The normalized spacial score (nSPS) is 25.6. The van der Waals surface area contributed by atoms with E-state index < -0.39 is 0 Å². The van der Waals surface area contributed by atoms with E-state index in [0.29, 0.717) is 18.2 Å². The first-order chi connectivity index (χ1) is 8.70. The zero-order valence-electron chi connectivity index (χ0n) is 11.2. The summed E-state index contributed by atoms with van der Waals surface area (Å²) in [4.78, 5) is 4.52. The molecule has 1 aromatic rings. The summed E-state index contributed by atoms with van der Waals surface area (Å²) in [5.74, 6) is 3.07. The quantitative estimate of drug-likeness (QED) is 0.812.